The molecule has 2 rings (SSSR count). The number of aryl methyl sites for hydroxylation is 3. The third-order valence-corrected chi connectivity index (χ3v) is 3.15. The Morgan fingerprint density at radius 2 is 1.44 bits per heavy atom. The maximum absolute atomic E-state index is 10.9. The van der Waals surface area contributed by atoms with Crippen molar-refractivity contribution < 1.29 is 9.90 Å². The molecule has 92 valence electrons. The fraction of sp³-hybridized carbons (Fsp3) is 0.188. The molecule has 0 heterocycles. The Morgan fingerprint density at radius 3 is 1.94 bits per heavy atom. The lowest BCUT2D eigenvalue weighted by Gasteiger charge is -2.11. The minimum Gasteiger partial charge on any atom is -0.478 e. The van der Waals surface area contributed by atoms with Gasteiger partial charge in [-0.25, -0.2) is 4.79 Å². The first kappa shape index (κ1) is 12.4. The molecule has 0 amide bonds. The van der Waals surface area contributed by atoms with Crippen LogP contribution in [-0.2, 0) is 0 Å². The average molecular weight is 240 g/mol. The maximum Gasteiger partial charge on any atom is 0.335 e. The van der Waals surface area contributed by atoms with Crippen LogP contribution in [0.25, 0.3) is 11.1 Å². The summed E-state index contributed by atoms with van der Waals surface area (Å²) in [7, 11) is 0. The first-order chi connectivity index (χ1) is 8.49. The lowest BCUT2D eigenvalue weighted by atomic mass is 9.94. The SMILES string of the molecule is Cc1ccc(-c2ccc(C(=O)O)cc2C)c(C)c1. The van der Waals surface area contributed by atoms with Gasteiger partial charge in [-0.3, -0.25) is 0 Å². The zero-order chi connectivity index (χ0) is 13.3. The Labute approximate surface area is 107 Å². The van der Waals surface area contributed by atoms with Crippen molar-refractivity contribution in [3.05, 3.63) is 58.7 Å². The molecule has 2 nitrogen and oxygen atoms in total. The standard InChI is InChI=1S/C16H16O2/c1-10-4-6-14(11(2)8-10)15-7-5-13(16(17)18)9-12(15)3/h4-9H,1-3H3,(H,17,18). The highest BCUT2D eigenvalue weighted by molar-refractivity contribution is 5.89. The number of carboxylic acid groups (broad SMARTS) is 1. The third-order valence-electron chi connectivity index (χ3n) is 3.15. The molecule has 0 saturated carbocycles. The van der Waals surface area contributed by atoms with Crippen LogP contribution < -0.4 is 0 Å². The van der Waals surface area contributed by atoms with E-state index < -0.39 is 5.97 Å². The second kappa shape index (κ2) is 4.65. The molecule has 0 atom stereocenters. The van der Waals surface area contributed by atoms with Gasteiger partial charge in [0.2, 0.25) is 0 Å². The number of hydrogen-bond donors (Lipinski definition) is 1. The van der Waals surface area contributed by atoms with Crippen molar-refractivity contribution in [1.29, 1.82) is 0 Å². The first-order valence-electron chi connectivity index (χ1n) is 5.90. The molecule has 0 aliphatic heterocycles. The predicted octanol–water partition coefficient (Wildman–Crippen LogP) is 3.98. The van der Waals surface area contributed by atoms with Crippen LogP contribution in [0.5, 0.6) is 0 Å². The Hall–Kier alpha value is -2.09. The molecule has 0 aliphatic rings. The predicted molar refractivity (Wildman–Crippen MR) is 73.0 cm³/mol. The molecule has 2 aromatic carbocycles. The highest BCUT2D eigenvalue weighted by Gasteiger charge is 2.08. The molecule has 2 heteroatoms. The molecular formula is C16H16O2. The van der Waals surface area contributed by atoms with Crippen molar-refractivity contribution in [2.45, 2.75) is 20.8 Å². The molecular weight excluding hydrogens is 224 g/mol. The molecule has 0 fully saturated rings. The number of aromatic carboxylic acids is 1. The van der Waals surface area contributed by atoms with Gasteiger partial charge in [0, 0.05) is 0 Å². The van der Waals surface area contributed by atoms with Crippen molar-refractivity contribution in [3.63, 3.8) is 0 Å². The van der Waals surface area contributed by atoms with Gasteiger partial charge in [-0.1, -0.05) is 29.8 Å². The second-order valence-corrected chi connectivity index (χ2v) is 4.65. The molecule has 18 heavy (non-hydrogen) atoms. The van der Waals surface area contributed by atoms with Crippen molar-refractivity contribution in [2.75, 3.05) is 0 Å². The summed E-state index contributed by atoms with van der Waals surface area (Å²) in [5.41, 5.74) is 6.02. The fourth-order valence-electron chi connectivity index (χ4n) is 2.21. The minimum atomic E-state index is -0.884. The van der Waals surface area contributed by atoms with E-state index in [0.717, 1.165) is 16.7 Å². The number of hydrogen-bond acceptors (Lipinski definition) is 1. The van der Waals surface area contributed by atoms with Crippen LogP contribution in [0.15, 0.2) is 36.4 Å². The van der Waals surface area contributed by atoms with Crippen LogP contribution in [0.4, 0.5) is 0 Å². The summed E-state index contributed by atoms with van der Waals surface area (Å²) in [5, 5.41) is 8.96. The van der Waals surface area contributed by atoms with Gasteiger partial charge < -0.3 is 5.11 Å². The van der Waals surface area contributed by atoms with Crippen molar-refractivity contribution in [2.24, 2.45) is 0 Å². The minimum absolute atomic E-state index is 0.334. The zero-order valence-corrected chi connectivity index (χ0v) is 10.8. The van der Waals surface area contributed by atoms with E-state index in [1.165, 1.54) is 11.1 Å². The van der Waals surface area contributed by atoms with Crippen LogP contribution in [0.1, 0.15) is 27.0 Å². The van der Waals surface area contributed by atoms with Gasteiger partial charge in [0.1, 0.15) is 0 Å². The highest BCUT2D eigenvalue weighted by Crippen LogP contribution is 2.27. The van der Waals surface area contributed by atoms with Crippen LogP contribution >= 0.6 is 0 Å². The van der Waals surface area contributed by atoms with E-state index in [4.69, 9.17) is 5.11 Å². The molecule has 0 aliphatic carbocycles. The van der Waals surface area contributed by atoms with Gasteiger partial charge >= 0.3 is 5.97 Å². The van der Waals surface area contributed by atoms with Gasteiger partial charge in [0.15, 0.2) is 0 Å². The summed E-state index contributed by atoms with van der Waals surface area (Å²) >= 11 is 0. The quantitative estimate of drug-likeness (QED) is 0.862. The highest BCUT2D eigenvalue weighted by atomic mass is 16.4. The lowest BCUT2D eigenvalue weighted by Crippen LogP contribution is -1.97. The second-order valence-electron chi connectivity index (χ2n) is 4.65. The van der Waals surface area contributed by atoms with Gasteiger partial charge in [0.25, 0.3) is 0 Å². The van der Waals surface area contributed by atoms with E-state index in [0.29, 0.717) is 5.56 Å². The zero-order valence-electron chi connectivity index (χ0n) is 10.8. The summed E-state index contributed by atoms with van der Waals surface area (Å²) in [6.45, 7) is 6.09. The van der Waals surface area contributed by atoms with Crippen LogP contribution in [0.3, 0.4) is 0 Å². The molecule has 0 saturated heterocycles. The Kier molecular flexibility index (Phi) is 3.19. The molecule has 0 radical (unpaired) electrons. The monoisotopic (exact) mass is 240 g/mol. The smallest absolute Gasteiger partial charge is 0.335 e. The van der Waals surface area contributed by atoms with Crippen LogP contribution in [0.2, 0.25) is 0 Å². The average Bonchev–Trinajstić information content (AvgIpc) is 2.30. The molecule has 0 bridgehead atoms. The normalized spacial score (nSPS) is 10.4. The number of carboxylic acids is 1. The van der Waals surface area contributed by atoms with Crippen LogP contribution in [-0.4, -0.2) is 11.1 Å². The summed E-state index contributed by atoms with van der Waals surface area (Å²) in [4.78, 5) is 10.9. The van der Waals surface area contributed by atoms with Crippen LogP contribution in [0, 0.1) is 20.8 Å². The van der Waals surface area contributed by atoms with E-state index in [2.05, 4.69) is 32.0 Å². The van der Waals surface area contributed by atoms with Gasteiger partial charge in [-0.05, 0) is 55.2 Å². The Bertz CT molecular complexity index is 612. The molecule has 0 spiro atoms. The Morgan fingerprint density at radius 1 is 0.889 bits per heavy atom. The Balaban J connectivity index is 2.54. The maximum atomic E-state index is 10.9. The summed E-state index contributed by atoms with van der Waals surface area (Å²) < 4.78 is 0. The summed E-state index contributed by atoms with van der Waals surface area (Å²) in [5.74, 6) is -0.884. The van der Waals surface area contributed by atoms with Crippen molar-refractivity contribution in [1.82, 2.24) is 0 Å². The fourth-order valence-corrected chi connectivity index (χ4v) is 2.21. The van der Waals surface area contributed by atoms with E-state index in [-0.39, 0.29) is 0 Å². The van der Waals surface area contributed by atoms with E-state index in [9.17, 15) is 4.79 Å². The third kappa shape index (κ3) is 2.28. The van der Waals surface area contributed by atoms with E-state index in [1.807, 2.05) is 13.0 Å². The van der Waals surface area contributed by atoms with Crippen molar-refractivity contribution >= 4 is 5.97 Å². The number of rotatable bonds is 2. The molecule has 0 unspecified atom stereocenters. The van der Waals surface area contributed by atoms with E-state index in [1.54, 1.807) is 12.1 Å². The van der Waals surface area contributed by atoms with Gasteiger partial charge in [-0.15, -0.1) is 0 Å². The summed E-state index contributed by atoms with van der Waals surface area (Å²) in [6, 6.07) is 11.6. The molecule has 0 aromatic heterocycles. The molecule has 2 aromatic rings. The van der Waals surface area contributed by atoms with Gasteiger partial charge in [-0.2, -0.15) is 0 Å². The summed E-state index contributed by atoms with van der Waals surface area (Å²) in [6.07, 6.45) is 0. The van der Waals surface area contributed by atoms with Gasteiger partial charge in [0.05, 0.1) is 5.56 Å². The first-order valence-corrected chi connectivity index (χ1v) is 5.90. The van der Waals surface area contributed by atoms with Crippen molar-refractivity contribution in [3.8, 4) is 11.1 Å². The largest absolute Gasteiger partial charge is 0.478 e. The number of carbonyl (C=O) groups is 1. The number of benzene rings is 2. The molecule has 1 N–H and O–H groups in total. The topological polar surface area (TPSA) is 37.3 Å². The van der Waals surface area contributed by atoms with E-state index >= 15 is 0 Å². The lowest BCUT2D eigenvalue weighted by molar-refractivity contribution is 0.0697.